The fourth-order valence-corrected chi connectivity index (χ4v) is 2.80. The van der Waals surface area contributed by atoms with Crippen LogP contribution in [0.3, 0.4) is 0 Å². The van der Waals surface area contributed by atoms with E-state index >= 15 is 0 Å². The van der Waals surface area contributed by atoms with E-state index in [0.717, 1.165) is 39.7 Å². The number of furan rings is 1. The van der Waals surface area contributed by atoms with Gasteiger partial charge in [-0.1, -0.05) is 43.4 Å². The van der Waals surface area contributed by atoms with Gasteiger partial charge in [0.2, 0.25) is 0 Å². The molecule has 0 amide bonds. The Labute approximate surface area is 121 Å². The summed E-state index contributed by atoms with van der Waals surface area (Å²) >= 11 is 1.60. The van der Waals surface area contributed by atoms with E-state index in [9.17, 15) is 0 Å². The van der Waals surface area contributed by atoms with Gasteiger partial charge in [0, 0.05) is 24.4 Å². The van der Waals surface area contributed by atoms with Gasteiger partial charge < -0.3 is 9.73 Å². The monoisotopic (exact) mass is 287 g/mol. The molecule has 0 radical (unpaired) electrons. The molecule has 20 heavy (non-hydrogen) atoms. The number of hydrogen-bond donors (Lipinski definition) is 1. The topological polar surface area (TPSA) is 51.0 Å². The van der Waals surface area contributed by atoms with E-state index in [2.05, 4.69) is 29.4 Å². The summed E-state index contributed by atoms with van der Waals surface area (Å²) in [6.07, 6.45) is 0.899. The third-order valence-corrected chi connectivity index (χ3v) is 3.99. The molecule has 3 rings (SSSR count). The van der Waals surface area contributed by atoms with Gasteiger partial charge in [0.15, 0.2) is 10.8 Å². The molecule has 0 aliphatic rings. The van der Waals surface area contributed by atoms with Crippen LogP contribution < -0.4 is 5.32 Å². The Morgan fingerprint density at radius 2 is 2.10 bits per heavy atom. The minimum atomic E-state index is 0.498. The molecule has 0 bridgehead atoms. The number of rotatable bonds is 5. The molecule has 0 fully saturated rings. The van der Waals surface area contributed by atoms with Crippen molar-refractivity contribution in [1.82, 2.24) is 15.5 Å². The molecule has 3 aromatic rings. The highest BCUT2D eigenvalue weighted by Crippen LogP contribution is 2.29. The first kappa shape index (κ1) is 13.3. The van der Waals surface area contributed by atoms with Crippen LogP contribution in [-0.4, -0.2) is 22.8 Å². The average molecular weight is 287 g/mol. The minimum Gasteiger partial charge on any atom is -0.453 e. The Bertz CT molecular complexity index is 669. The van der Waals surface area contributed by atoms with Gasteiger partial charge in [-0.05, 0) is 12.1 Å². The fraction of sp³-hybridized carbons (Fsp3) is 0.333. The quantitative estimate of drug-likeness (QED) is 0.780. The number of aromatic nitrogens is 2. The summed E-state index contributed by atoms with van der Waals surface area (Å²) in [5.74, 6) is 0.798. The molecule has 104 valence electrons. The fourth-order valence-electron chi connectivity index (χ4n) is 2.01. The number of para-hydroxylation sites is 1. The predicted octanol–water partition coefficient (Wildman–Crippen LogP) is 3.49. The Balaban J connectivity index is 1.75. The van der Waals surface area contributed by atoms with E-state index in [-0.39, 0.29) is 0 Å². The van der Waals surface area contributed by atoms with E-state index < -0.39 is 0 Å². The van der Waals surface area contributed by atoms with Crippen LogP contribution in [0.5, 0.6) is 0 Å². The lowest BCUT2D eigenvalue weighted by atomic mass is 10.2. The molecule has 4 nitrogen and oxygen atoms in total. The third-order valence-electron chi connectivity index (χ3n) is 2.99. The van der Waals surface area contributed by atoms with Gasteiger partial charge in [-0.3, -0.25) is 0 Å². The van der Waals surface area contributed by atoms with Crippen molar-refractivity contribution in [3.8, 4) is 10.8 Å². The van der Waals surface area contributed by atoms with Crippen LogP contribution in [0, 0.1) is 0 Å². The summed E-state index contributed by atoms with van der Waals surface area (Å²) in [6, 6.07) is 10.5. The smallest absolute Gasteiger partial charge is 0.183 e. The first-order valence-corrected chi connectivity index (χ1v) is 7.59. The highest BCUT2D eigenvalue weighted by molar-refractivity contribution is 7.14. The molecule has 0 spiro atoms. The van der Waals surface area contributed by atoms with Crippen LogP contribution in [0.4, 0.5) is 0 Å². The molecule has 1 aromatic carbocycles. The Kier molecular flexibility index (Phi) is 3.80. The molecule has 0 saturated heterocycles. The zero-order valence-electron chi connectivity index (χ0n) is 11.6. The van der Waals surface area contributed by atoms with Crippen molar-refractivity contribution in [1.29, 1.82) is 0 Å². The van der Waals surface area contributed by atoms with Crippen LogP contribution in [0.2, 0.25) is 0 Å². The van der Waals surface area contributed by atoms with E-state index in [0.29, 0.717) is 6.04 Å². The maximum atomic E-state index is 5.80. The summed E-state index contributed by atoms with van der Waals surface area (Å²) in [6.45, 7) is 5.20. The van der Waals surface area contributed by atoms with Crippen molar-refractivity contribution in [2.45, 2.75) is 26.3 Å². The van der Waals surface area contributed by atoms with E-state index in [1.54, 1.807) is 11.3 Å². The Hall–Kier alpha value is -1.72. The number of hydrogen-bond acceptors (Lipinski definition) is 5. The van der Waals surface area contributed by atoms with E-state index in [1.165, 1.54) is 0 Å². The number of nitrogens with one attached hydrogen (secondary N) is 1. The number of benzene rings is 1. The summed E-state index contributed by atoms with van der Waals surface area (Å²) in [5.41, 5.74) is 0.890. The van der Waals surface area contributed by atoms with Crippen LogP contribution in [0.25, 0.3) is 21.7 Å². The van der Waals surface area contributed by atoms with Crippen molar-refractivity contribution in [3.63, 3.8) is 0 Å². The molecular formula is C15H17N3OS. The van der Waals surface area contributed by atoms with Crippen LogP contribution in [-0.2, 0) is 6.42 Å². The number of nitrogens with zero attached hydrogens (tertiary/aromatic N) is 2. The predicted molar refractivity (Wildman–Crippen MR) is 82.0 cm³/mol. The highest BCUT2D eigenvalue weighted by Gasteiger charge is 2.11. The molecule has 0 aliphatic heterocycles. The summed E-state index contributed by atoms with van der Waals surface area (Å²) < 4.78 is 5.80. The molecule has 0 atom stereocenters. The SMILES string of the molecule is CC(C)NCCc1nnc(-c2cc3ccccc3o2)s1. The van der Waals surface area contributed by atoms with Crippen molar-refractivity contribution < 1.29 is 4.42 Å². The average Bonchev–Trinajstić information content (AvgIpc) is 3.03. The second kappa shape index (κ2) is 5.73. The zero-order valence-corrected chi connectivity index (χ0v) is 12.4. The van der Waals surface area contributed by atoms with Gasteiger partial charge in [0.1, 0.15) is 10.6 Å². The van der Waals surface area contributed by atoms with Gasteiger partial charge in [0.25, 0.3) is 0 Å². The summed E-state index contributed by atoms with van der Waals surface area (Å²) in [7, 11) is 0. The van der Waals surface area contributed by atoms with Gasteiger partial charge in [0.05, 0.1) is 0 Å². The second-order valence-corrected chi connectivity index (χ2v) is 6.07. The first-order chi connectivity index (χ1) is 9.72. The molecular weight excluding hydrogens is 270 g/mol. The Morgan fingerprint density at radius 3 is 2.90 bits per heavy atom. The lowest BCUT2D eigenvalue weighted by molar-refractivity contribution is 0.588. The first-order valence-electron chi connectivity index (χ1n) is 6.77. The maximum absolute atomic E-state index is 5.80. The minimum absolute atomic E-state index is 0.498. The maximum Gasteiger partial charge on any atom is 0.183 e. The van der Waals surface area contributed by atoms with Crippen LogP contribution in [0.1, 0.15) is 18.9 Å². The molecule has 5 heteroatoms. The van der Waals surface area contributed by atoms with Crippen LogP contribution >= 0.6 is 11.3 Å². The third kappa shape index (κ3) is 2.89. The number of fused-ring (bicyclic) bond motifs is 1. The van der Waals surface area contributed by atoms with Gasteiger partial charge >= 0.3 is 0 Å². The standard InChI is InChI=1S/C15H17N3OS/c1-10(2)16-8-7-14-17-18-15(20-14)13-9-11-5-3-4-6-12(11)19-13/h3-6,9-10,16H,7-8H2,1-2H3. The van der Waals surface area contributed by atoms with Crippen molar-refractivity contribution in [2.24, 2.45) is 0 Å². The van der Waals surface area contributed by atoms with E-state index in [4.69, 9.17) is 4.42 Å². The van der Waals surface area contributed by atoms with Crippen molar-refractivity contribution in [3.05, 3.63) is 35.3 Å². The summed E-state index contributed by atoms with van der Waals surface area (Å²) in [4.78, 5) is 0. The molecule has 0 aliphatic carbocycles. The zero-order chi connectivity index (χ0) is 13.9. The molecule has 0 saturated carbocycles. The normalized spacial score (nSPS) is 11.6. The molecule has 1 N–H and O–H groups in total. The second-order valence-electron chi connectivity index (χ2n) is 5.01. The van der Waals surface area contributed by atoms with Crippen molar-refractivity contribution >= 4 is 22.3 Å². The molecule has 0 unspecified atom stereocenters. The van der Waals surface area contributed by atoms with Gasteiger partial charge in [-0.2, -0.15) is 0 Å². The van der Waals surface area contributed by atoms with Gasteiger partial charge in [-0.15, -0.1) is 10.2 Å². The highest BCUT2D eigenvalue weighted by atomic mass is 32.1. The van der Waals surface area contributed by atoms with E-state index in [1.807, 2.05) is 30.3 Å². The van der Waals surface area contributed by atoms with Crippen molar-refractivity contribution in [2.75, 3.05) is 6.54 Å². The van der Waals surface area contributed by atoms with Gasteiger partial charge in [-0.25, -0.2) is 0 Å². The summed E-state index contributed by atoms with van der Waals surface area (Å²) in [5, 5.41) is 14.8. The van der Waals surface area contributed by atoms with Crippen LogP contribution in [0.15, 0.2) is 34.7 Å². The molecule has 2 heterocycles. The lowest BCUT2D eigenvalue weighted by Crippen LogP contribution is -2.24. The Morgan fingerprint density at radius 1 is 1.25 bits per heavy atom. The largest absolute Gasteiger partial charge is 0.453 e. The molecule has 2 aromatic heterocycles. The lowest BCUT2D eigenvalue weighted by Gasteiger charge is -2.04.